The van der Waals surface area contributed by atoms with Gasteiger partial charge in [0.15, 0.2) is 0 Å². The third-order valence-corrected chi connectivity index (χ3v) is 2.19. The lowest BCUT2D eigenvalue weighted by molar-refractivity contribution is 1.04. The zero-order valence-electron chi connectivity index (χ0n) is 8.33. The Kier molecular flexibility index (Phi) is 1.86. The van der Waals surface area contributed by atoms with Gasteiger partial charge in [0.25, 0.3) is 0 Å². The summed E-state index contributed by atoms with van der Waals surface area (Å²) >= 11 is 6.40. The molecule has 0 aliphatic rings. The second-order valence-corrected chi connectivity index (χ2v) is 3.98. The summed E-state index contributed by atoms with van der Waals surface area (Å²) in [5, 5.41) is 0. The molecule has 0 saturated carbocycles. The molecule has 5 heteroatoms. The minimum absolute atomic E-state index is 0.00627. The molecule has 0 fully saturated rings. The maximum Gasteiger partial charge on any atom is 0.124 e. The van der Waals surface area contributed by atoms with Gasteiger partial charge in [0.1, 0.15) is 12.3 Å². The summed E-state index contributed by atoms with van der Waals surface area (Å²) in [7, 11) is 0. The van der Waals surface area contributed by atoms with Crippen LogP contribution in [0.5, 0.6) is 0 Å². The lowest BCUT2D eigenvalue weighted by atomic mass is 10.4. The van der Waals surface area contributed by atoms with Crippen molar-refractivity contribution in [2.45, 2.75) is 0 Å². The van der Waals surface area contributed by atoms with Crippen LogP contribution in [0, 0.1) is 0 Å². The molecule has 0 N–H and O–H groups in total. The lowest BCUT2D eigenvalue weighted by Crippen LogP contribution is -1.90. The van der Waals surface area contributed by atoms with E-state index in [-0.39, 0.29) is 12.5 Å². The summed E-state index contributed by atoms with van der Waals surface area (Å²) in [5.74, 6) is 0. The van der Waals surface area contributed by atoms with Crippen molar-refractivity contribution in [3.05, 3.63) is 40.0 Å². The Balaban J connectivity index is 2.63. The predicted molar refractivity (Wildman–Crippen MR) is 56.8 cm³/mol. The minimum atomic E-state index is 0.00627. The largest absolute Gasteiger partial charge is 0.304 e. The van der Waals surface area contributed by atoms with Gasteiger partial charge < -0.3 is 4.57 Å². The van der Waals surface area contributed by atoms with Gasteiger partial charge in [-0.05, 0) is 37.9 Å². The molecule has 0 bridgehead atoms. The summed E-state index contributed by atoms with van der Waals surface area (Å²) in [5.41, 5.74) is 0.637. The van der Waals surface area contributed by atoms with E-state index in [1.807, 2.05) is 0 Å². The number of pyridine rings is 1. The molecule has 13 heavy (non-hydrogen) atoms. The van der Waals surface area contributed by atoms with Crippen LogP contribution < -0.4 is 0 Å². The van der Waals surface area contributed by atoms with E-state index >= 15 is 0 Å². The number of hydrogen-bond acceptors (Lipinski definition) is 2. The maximum absolute atomic E-state index is 7.71. The third-order valence-electron chi connectivity index (χ3n) is 1.40. The Morgan fingerprint density at radius 3 is 2.85 bits per heavy atom. The highest BCUT2D eigenvalue weighted by Crippen LogP contribution is 2.15. The van der Waals surface area contributed by atoms with Crippen molar-refractivity contribution in [3.63, 3.8) is 0 Å². The first-order valence-electron chi connectivity index (χ1n) is 4.42. The van der Waals surface area contributed by atoms with E-state index in [0.29, 0.717) is 10.3 Å². The summed E-state index contributed by atoms with van der Waals surface area (Å²) in [6.07, 6.45) is 3.36. The molecule has 0 aromatic carbocycles. The molecule has 2 aromatic heterocycles. The molecule has 0 spiro atoms. The fourth-order valence-electron chi connectivity index (χ4n) is 0.881. The van der Waals surface area contributed by atoms with Gasteiger partial charge in [-0.2, -0.15) is 0 Å². The Morgan fingerprint density at radius 1 is 1.38 bits per heavy atom. The number of rotatable bonds is 1. The van der Waals surface area contributed by atoms with E-state index in [0.717, 1.165) is 4.47 Å². The standard InChI is InChI=1S/C8H5Br2N3/c9-6-1-7(3-11-2-6)13-4-8(10)12-5-13/h1-5H/i4D,5D. The van der Waals surface area contributed by atoms with Crippen LogP contribution in [0.2, 0.25) is 0 Å². The normalized spacial score (nSPS) is 12.5. The van der Waals surface area contributed by atoms with Crippen molar-refractivity contribution >= 4 is 31.9 Å². The van der Waals surface area contributed by atoms with Crippen LogP contribution in [0.3, 0.4) is 0 Å². The van der Waals surface area contributed by atoms with Crippen molar-refractivity contribution in [2.75, 3.05) is 0 Å². The maximum atomic E-state index is 7.71. The molecule has 2 rings (SSSR count). The van der Waals surface area contributed by atoms with Gasteiger partial charge in [-0.3, -0.25) is 4.98 Å². The van der Waals surface area contributed by atoms with Gasteiger partial charge in [0.2, 0.25) is 0 Å². The molecule has 0 saturated heterocycles. The molecule has 2 heterocycles. The molecule has 0 unspecified atom stereocenters. The van der Waals surface area contributed by atoms with Gasteiger partial charge >= 0.3 is 0 Å². The van der Waals surface area contributed by atoms with Crippen molar-refractivity contribution in [2.24, 2.45) is 0 Å². The Morgan fingerprint density at radius 2 is 2.23 bits per heavy atom. The monoisotopic (exact) mass is 303 g/mol. The molecule has 0 atom stereocenters. The van der Waals surface area contributed by atoms with Crippen molar-refractivity contribution in [1.29, 1.82) is 0 Å². The first kappa shape index (κ1) is 6.73. The van der Waals surface area contributed by atoms with Crippen LogP contribution in [-0.2, 0) is 0 Å². The molecular formula is C8H5Br2N3. The van der Waals surface area contributed by atoms with E-state index in [9.17, 15) is 0 Å². The highest BCUT2D eigenvalue weighted by Gasteiger charge is 1.98. The van der Waals surface area contributed by atoms with E-state index in [1.165, 1.54) is 4.57 Å². The van der Waals surface area contributed by atoms with E-state index < -0.39 is 0 Å². The molecule has 0 amide bonds. The number of aromatic nitrogens is 3. The molecule has 2 aromatic rings. The fourth-order valence-corrected chi connectivity index (χ4v) is 1.49. The van der Waals surface area contributed by atoms with Crippen LogP contribution in [0.1, 0.15) is 2.74 Å². The van der Waals surface area contributed by atoms with Crippen molar-refractivity contribution < 1.29 is 2.74 Å². The summed E-state index contributed by atoms with van der Waals surface area (Å²) in [6, 6.07) is 1.78. The average Bonchev–Trinajstić information content (AvgIpc) is 2.41. The van der Waals surface area contributed by atoms with Gasteiger partial charge in [-0.25, -0.2) is 4.98 Å². The third kappa shape index (κ3) is 1.97. The van der Waals surface area contributed by atoms with Crippen LogP contribution >= 0.6 is 31.9 Å². The molecule has 0 aliphatic carbocycles. The Bertz CT molecular complexity index is 513. The Hall–Kier alpha value is -0.680. The molecule has 0 radical (unpaired) electrons. The van der Waals surface area contributed by atoms with E-state index in [4.69, 9.17) is 2.74 Å². The SMILES string of the molecule is [2H]c1nc(Br)c([2H])n1-c1cncc(Br)c1. The minimum Gasteiger partial charge on any atom is -0.304 e. The van der Waals surface area contributed by atoms with E-state index in [1.54, 1.807) is 18.5 Å². The summed E-state index contributed by atoms with van der Waals surface area (Å²) in [6.45, 7) is 0. The van der Waals surface area contributed by atoms with E-state index in [2.05, 4.69) is 41.8 Å². The van der Waals surface area contributed by atoms with Crippen LogP contribution in [0.25, 0.3) is 5.69 Å². The number of halogens is 2. The molecule has 0 aliphatic heterocycles. The van der Waals surface area contributed by atoms with Crippen LogP contribution in [0.4, 0.5) is 0 Å². The van der Waals surface area contributed by atoms with Gasteiger partial charge in [0.05, 0.1) is 13.3 Å². The first-order chi connectivity index (χ1) is 7.09. The van der Waals surface area contributed by atoms with Gasteiger partial charge in [-0.15, -0.1) is 0 Å². The average molecular weight is 305 g/mol. The summed E-state index contributed by atoms with van der Waals surface area (Å²) in [4.78, 5) is 7.81. The lowest BCUT2D eigenvalue weighted by Gasteiger charge is -2.00. The zero-order chi connectivity index (χ0) is 11.0. The van der Waals surface area contributed by atoms with Gasteiger partial charge in [-0.1, -0.05) is 0 Å². The van der Waals surface area contributed by atoms with Crippen LogP contribution in [-0.4, -0.2) is 14.5 Å². The quantitative estimate of drug-likeness (QED) is 0.811. The second kappa shape index (κ2) is 3.59. The molecular weight excluding hydrogens is 298 g/mol. The molecule has 3 nitrogen and oxygen atoms in total. The highest BCUT2D eigenvalue weighted by molar-refractivity contribution is 9.10. The van der Waals surface area contributed by atoms with Crippen molar-refractivity contribution in [3.8, 4) is 5.69 Å². The topological polar surface area (TPSA) is 30.7 Å². The number of hydrogen-bond donors (Lipinski definition) is 0. The number of imidazole rings is 1. The first-order valence-corrected chi connectivity index (χ1v) is 5.00. The smallest absolute Gasteiger partial charge is 0.124 e. The number of nitrogens with zero attached hydrogens (tertiary/aromatic N) is 3. The second-order valence-electron chi connectivity index (χ2n) is 2.31. The van der Waals surface area contributed by atoms with Crippen LogP contribution in [0.15, 0.2) is 40.0 Å². The van der Waals surface area contributed by atoms with Gasteiger partial charge in [0, 0.05) is 16.8 Å². The Labute approximate surface area is 94.9 Å². The highest BCUT2D eigenvalue weighted by atomic mass is 79.9. The molecule has 66 valence electrons. The zero-order valence-corrected chi connectivity index (χ0v) is 9.50. The predicted octanol–water partition coefficient (Wildman–Crippen LogP) is 2.79. The van der Waals surface area contributed by atoms with Crippen molar-refractivity contribution in [1.82, 2.24) is 14.5 Å². The fraction of sp³-hybridized carbons (Fsp3) is 0. The summed E-state index contributed by atoms with van der Waals surface area (Å²) < 4.78 is 17.9.